The van der Waals surface area contributed by atoms with Crippen LogP contribution in [0.1, 0.15) is 37.7 Å². The second kappa shape index (κ2) is 4.87. The van der Waals surface area contributed by atoms with Crippen LogP contribution in [0.25, 0.3) is 0 Å². The van der Waals surface area contributed by atoms with Crippen molar-refractivity contribution in [3.05, 3.63) is 35.7 Å². The Bertz CT molecular complexity index is 493. The number of hydrogen-bond donors (Lipinski definition) is 0. The Morgan fingerprint density at radius 1 is 1.37 bits per heavy atom. The van der Waals surface area contributed by atoms with Crippen molar-refractivity contribution < 1.29 is 9.53 Å². The fraction of sp³-hybridized carbons (Fsp3) is 0.562. The molecule has 0 saturated carbocycles. The highest BCUT2D eigenvalue weighted by molar-refractivity contribution is 5.80. The number of methoxy groups -OCH3 is 1. The lowest BCUT2D eigenvalue weighted by Crippen LogP contribution is -2.35. The van der Waals surface area contributed by atoms with Crippen LogP contribution >= 0.6 is 0 Å². The Balaban J connectivity index is 2.33. The smallest absolute Gasteiger partial charge is 0.316 e. The molecule has 1 aromatic heterocycles. The number of allylic oxidation sites excluding steroid dienone is 1. The van der Waals surface area contributed by atoms with Gasteiger partial charge in [0.2, 0.25) is 0 Å². The van der Waals surface area contributed by atoms with Gasteiger partial charge in [-0.05, 0) is 38.3 Å². The molecule has 1 aliphatic carbocycles. The highest BCUT2D eigenvalue weighted by Gasteiger charge is 2.45. The van der Waals surface area contributed by atoms with Crippen LogP contribution in [0.2, 0.25) is 0 Å². The number of aryl methyl sites for hydroxylation is 2. The SMILES string of the molecule is COC(=O)[C@@]1(C(C)C)C=CC(n2c(C)ccc2C)C1. The van der Waals surface area contributed by atoms with Crippen molar-refractivity contribution in [2.24, 2.45) is 11.3 Å². The molecule has 0 N–H and O–H groups in total. The first-order valence-electron chi connectivity index (χ1n) is 6.84. The van der Waals surface area contributed by atoms with Crippen molar-refractivity contribution in [1.82, 2.24) is 4.57 Å². The number of nitrogens with zero attached hydrogens (tertiary/aromatic N) is 1. The van der Waals surface area contributed by atoms with Crippen LogP contribution in [-0.4, -0.2) is 17.6 Å². The summed E-state index contributed by atoms with van der Waals surface area (Å²) in [6.45, 7) is 8.38. The second-order valence-electron chi connectivity index (χ2n) is 5.80. The standard InChI is InChI=1S/C16H23NO2/c1-11(2)16(15(18)19-5)9-8-14(10-16)17-12(3)6-7-13(17)4/h6-9,11,14H,10H2,1-5H3/t14?,16-/m0/s1. The zero-order chi connectivity index (χ0) is 14.2. The number of carbonyl (C=O) groups is 1. The van der Waals surface area contributed by atoms with E-state index in [2.05, 4.69) is 50.5 Å². The van der Waals surface area contributed by atoms with Crippen LogP contribution in [-0.2, 0) is 9.53 Å². The third kappa shape index (κ3) is 2.11. The molecule has 19 heavy (non-hydrogen) atoms. The molecule has 0 spiro atoms. The second-order valence-corrected chi connectivity index (χ2v) is 5.80. The molecule has 104 valence electrons. The predicted molar refractivity (Wildman–Crippen MR) is 76.0 cm³/mol. The van der Waals surface area contributed by atoms with E-state index in [1.807, 2.05) is 6.08 Å². The summed E-state index contributed by atoms with van der Waals surface area (Å²) in [4.78, 5) is 12.2. The maximum absolute atomic E-state index is 12.2. The molecule has 3 nitrogen and oxygen atoms in total. The van der Waals surface area contributed by atoms with E-state index >= 15 is 0 Å². The maximum Gasteiger partial charge on any atom is 0.316 e. The Hall–Kier alpha value is -1.51. The van der Waals surface area contributed by atoms with Gasteiger partial charge < -0.3 is 9.30 Å². The topological polar surface area (TPSA) is 31.2 Å². The summed E-state index contributed by atoms with van der Waals surface area (Å²) in [5.41, 5.74) is 1.98. The molecule has 0 amide bonds. The lowest BCUT2D eigenvalue weighted by Gasteiger charge is -2.30. The Morgan fingerprint density at radius 2 is 1.95 bits per heavy atom. The molecule has 1 heterocycles. The van der Waals surface area contributed by atoms with Gasteiger partial charge in [-0.2, -0.15) is 0 Å². The lowest BCUT2D eigenvalue weighted by molar-refractivity contribution is -0.152. The van der Waals surface area contributed by atoms with Gasteiger partial charge in [-0.3, -0.25) is 4.79 Å². The van der Waals surface area contributed by atoms with Gasteiger partial charge >= 0.3 is 5.97 Å². The number of carbonyl (C=O) groups excluding carboxylic acids is 1. The van der Waals surface area contributed by atoms with Crippen LogP contribution in [0.3, 0.4) is 0 Å². The maximum atomic E-state index is 12.2. The minimum atomic E-state index is -0.484. The summed E-state index contributed by atoms with van der Waals surface area (Å²) in [5.74, 6) is 0.112. The molecule has 0 radical (unpaired) electrons. The molecule has 0 aromatic carbocycles. The minimum Gasteiger partial charge on any atom is -0.468 e. The monoisotopic (exact) mass is 261 g/mol. The molecule has 0 bridgehead atoms. The number of hydrogen-bond acceptors (Lipinski definition) is 2. The third-order valence-electron chi connectivity index (χ3n) is 4.42. The first-order valence-corrected chi connectivity index (χ1v) is 6.84. The van der Waals surface area contributed by atoms with Crippen LogP contribution in [0, 0.1) is 25.2 Å². The molecule has 0 aliphatic heterocycles. The van der Waals surface area contributed by atoms with E-state index in [1.165, 1.54) is 18.5 Å². The van der Waals surface area contributed by atoms with E-state index < -0.39 is 5.41 Å². The van der Waals surface area contributed by atoms with E-state index in [0.717, 1.165) is 6.42 Å². The highest BCUT2D eigenvalue weighted by Crippen LogP contribution is 2.45. The molecule has 3 heteroatoms. The zero-order valence-corrected chi connectivity index (χ0v) is 12.4. The summed E-state index contributed by atoms with van der Waals surface area (Å²) in [5, 5.41) is 0. The molecular weight excluding hydrogens is 238 g/mol. The summed E-state index contributed by atoms with van der Waals surface area (Å²) in [7, 11) is 1.47. The molecule has 1 aliphatic rings. The number of esters is 1. The fourth-order valence-electron chi connectivity index (χ4n) is 3.15. The van der Waals surface area contributed by atoms with Crippen molar-refractivity contribution in [3.8, 4) is 0 Å². The van der Waals surface area contributed by atoms with Gasteiger partial charge in [0.1, 0.15) is 0 Å². The van der Waals surface area contributed by atoms with Gasteiger partial charge in [-0.1, -0.05) is 26.0 Å². The quantitative estimate of drug-likeness (QED) is 0.616. The van der Waals surface area contributed by atoms with E-state index in [4.69, 9.17) is 4.74 Å². The molecule has 0 fully saturated rings. The van der Waals surface area contributed by atoms with Crippen LogP contribution in [0.15, 0.2) is 24.3 Å². The molecular formula is C16H23NO2. The van der Waals surface area contributed by atoms with E-state index in [9.17, 15) is 4.79 Å². The number of rotatable bonds is 3. The van der Waals surface area contributed by atoms with Crippen molar-refractivity contribution in [1.29, 1.82) is 0 Å². The van der Waals surface area contributed by atoms with Gasteiger partial charge in [0.25, 0.3) is 0 Å². The fourth-order valence-corrected chi connectivity index (χ4v) is 3.15. The summed E-state index contributed by atoms with van der Waals surface area (Å²) in [6.07, 6.45) is 4.98. The van der Waals surface area contributed by atoms with E-state index in [0.29, 0.717) is 0 Å². The average Bonchev–Trinajstić information content (AvgIpc) is 2.93. The summed E-state index contributed by atoms with van der Waals surface area (Å²) < 4.78 is 7.32. The van der Waals surface area contributed by atoms with Crippen LogP contribution in [0.4, 0.5) is 0 Å². The number of ether oxygens (including phenoxy) is 1. The molecule has 1 unspecified atom stereocenters. The van der Waals surface area contributed by atoms with Gasteiger partial charge in [0, 0.05) is 11.4 Å². The largest absolute Gasteiger partial charge is 0.468 e. The van der Waals surface area contributed by atoms with Gasteiger partial charge in [-0.15, -0.1) is 0 Å². The number of aromatic nitrogens is 1. The Labute approximate surface area is 115 Å². The van der Waals surface area contributed by atoms with Crippen molar-refractivity contribution in [3.63, 3.8) is 0 Å². The normalized spacial score (nSPS) is 26.1. The van der Waals surface area contributed by atoms with Crippen LogP contribution < -0.4 is 0 Å². The van der Waals surface area contributed by atoms with E-state index in [1.54, 1.807) is 0 Å². The molecule has 2 atom stereocenters. The summed E-state index contributed by atoms with van der Waals surface area (Å²) in [6, 6.07) is 4.49. The van der Waals surface area contributed by atoms with E-state index in [-0.39, 0.29) is 17.9 Å². The van der Waals surface area contributed by atoms with Crippen molar-refractivity contribution in [2.45, 2.75) is 40.2 Å². The molecule has 2 rings (SSSR count). The first kappa shape index (κ1) is 13.9. The van der Waals surface area contributed by atoms with Gasteiger partial charge in [-0.25, -0.2) is 0 Å². The average molecular weight is 261 g/mol. The highest BCUT2D eigenvalue weighted by atomic mass is 16.5. The Morgan fingerprint density at radius 3 is 2.42 bits per heavy atom. The van der Waals surface area contributed by atoms with Gasteiger partial charge in [0.15, 0.2) is 0 Å². The lowest BCUT2D eigenvalue weighted by atomic mass is 9.76. The van der Waals surface area contributed by atoms with Gasteiger partial charge in [0.05, 0.1) is 18.6 Å². The molecule has 1 aromatic rings. The zero-order valence-electron chi connectivity index (χ0n) is 12.4. The summed E-state index contributed by atoms with van der Waals surface area (Å²) >= 11 is 0. The van der Waals surface area contributed by atoms with Crippen molar-refractivity contribution in [2.75, 3.05) is 7.11 Å². The minimum absolute atomic E-state index is 0.122. The Kier molecular flexibility index (Phi) is 3.57. The third-order valence-corrected chi connectivity index (χ3v) is 4.42. The first-order chi connectivity index (χ1) is 8.92. The predicted octanol–water partition coefficient (Wildman–Crippen LogP) is 3.42. The van der Waals surface area contributed by atoms with Crippen molar-refractivity contribution >= 4 is 5.97 Å². The van der Waals surface area contributed by atoms with Crippen LogP contribution in [0.5, 0.6) is 0 Å². The molecule has 0 saturated heterocycles.